The number of nitrogens with one attached hydrogen (secondary N) is 2. The molecular weight excluding hydrogens is 214 g/mol. The Morgan fingerprint density at radius 3 is 3.06 bits per heavy atom. The highest BCUT2D eigenvalue weighted by Crippen LogP contribution is 2.20. The number of carbonyl (C=O) groups excluding carboxylic acids is 1. The molecule has 1 aromatic carbocycles. The lowest BCUT2D eigenvalue weighted by Crippen LogP contribution is -2.30. The predicted molar refractivity (Wildman–Crippen MR) is 69.8 cm³/mol. The van der Waals surface area contributed by atoms with E-state index in [0.717, 1.165) is 10.9 Å². The van der Waals surface area contributed by atoms with Gasteiger partial charge in [0.05, 0.1) is 5.56 Å². The Morgan fingerprint density at radius 2 is 2.35 bits per heavy atom. The van der Waals surface area contributed by atoms with E-state index in [2.05, 4.69) is 16.9 Å². The summed E-state index contributed by atoms with van der Waals surface area (Å²) in [5, 5.41) is 3.70. The minimum Gasteiger partial charge on any atom is -0.399 e. The standard InChI is InChI=1S/C13H15N3O/c1-3-8(2)16-13(17)11-7-15-12-6-9(14)4-5-10(11)12/h3-8,15H,1,14H2,2H3,(H,16,17). The number of aromatic nitrogens is 1. The molecule has 0 bridgehead atoms. The summed E-state index contributed by atoms with van der Waals surface area (Å²) >= 11 is 0. The number of amides is 1. The molecule has 0 spiro atoms. The molecule has 2 aromatic rings. The zero-order chi connectivity index (χ0) is 12.4. The lowest BCUT2D eigenvalue weighted by atomic mass is 10.1. The van der Waals surface area contributed by atoms with Crippen molar-refractivity contribution in [2.45, 2.75) is 13.0 Å². The lowest BCUT2D eigenvalue weighted by Gasteiger charge is -2.08. The van der Waals surface area contributed by atoms with Crippen LogP contribution in [0.15, 0.2) is 37.1 Å². The first kappa shape index (κ1) is 11.3. The summed E-state index contributed by atoms with van der Waals surface area (Å²) in [5.41, 5.74) is 7.83. The fraction of sp³-hybridized carbons (Fsp3) is 0.154. The zero-order valence-corrected chi connectivity index (χ0v) is 9.66. The van der Waals surface area contributed by atoms with Crippen molar-refractivity contribution in [3.05, 3.63) is 42.6 Å². The molecule has 1 unspecified atom stereocenters. The summed E-state index contributed by atoms with van der Waals surface area (Å²) in [6.45, 7) is 5.50. The van der Waals surface area contributed by atoms with Crippen molar-refractivity contribution in [3.63, 3.8) is 0 Å². The van der Waals surface area contributed by atoms with Crippen LogP contribution in [0.1, 0.15) is 17.3 Å². The molecule has 17 heavy (non-hydrogen) atoms. The Hall–Kier alpha value is -2.23. The first-order chi connectivity index (χ1) is 8.11. The highest BCUT2D eigenvalue weighted by atomic mass is 16.1. The minimum atomic E-state index is -0.117. The molecule has 0 aliphatic heterocycles. The van der Waals surface area contributed by atoms with Gasteiger partial charge >= 0.3 is 0 Å². The number of hydrogen-bond donors (Lipinski definition) is 3. The second-order valence-electron chi connectivity index (χ2n) is 4.01. The third kappa shape index (κ3) is 2.15. The van der Waals surface area contributed by atoms with E-state index in [4.69, 9.17) is 5.73 Å². The van der Waals surface area contributed by atoms with Gasteiger partial charge in [-0.05, 0) is 25.1 Å². The van der Waals surface area contributed by atoms with Gasteiger partial charge in [-0.25, -0.2) is 0 Å². The highest BCUT2D eigenvalue weighted by Gasteiger charge is 2.12. The number of nitrogen functional groups attached to an aromatic ring is 1. The molecule has 0 fully saturated rings. The third-order valence-electron chi connectivity index (χ3n) is 2.66. The average molecular weight is 229 g/mol. The summed E-state index contributed by atoms with van der Waals surface area (Å²) in [6, 6.07) is 5.38. The van der Waals surface area contributed by atoms with Gasteiger partial charge in [0.2, 0.25) is 0 Å². The first-order valence-electron chi connectivity index (χ1n) is 5.42. The van der Waals surface area contributed by atoms with Crippen molar-refractivity contribution in [1.29, 1.82) is 0 Å². The van der Waals surface area contributed by atoms with Gasteiger partial charge in [0.1, 0.15) is 0 Å². The van der Waals surface area contributed by atoms with Crippen LogP contribution in [0.5, 0.6) is 0 Å². The van der Waals surface area contributed by atoms with E-state index in [1.165, 1.54) is 0 Å². The molecular formula is C13H15N3O. The van der Waals surface area contributed by atoms with E-state index in [-0.39, 0.29) is 11.9 Å². The van der Waals surface area contributed by atoms with Crippen molar-refractivity contribution < 1.29 is 4.79 Å². The smallest absolute Gasteiger partial charge is 0.253 e. The maximum Gasteiger partial charge on any atom is 0.253 e. The maximum absolute atomic E-state index is 12.0. The largest absolute Gasteiger partial charge is 0.399 e. The topological polar surface area (TPSA) is 70.9 Å². The van der Waals surface area contributed by atoms with Crippen molar-refractivity contribution in [2.24, 2.45) is 0 Å². The molecule has 4 nitrogen and oxygen atoms in total. The molecule has 0 aliphatic carbocycles. The molecule has 0 aliphatic rings. The van der Waals surface area contributed by atoms with E-state index >= 15 is 0 Å². The summed E-state index contributed by atoms with van der Waals surface area (Å²) in [6.07, 6.45) is 3.37. The van der Waals surface area contributed by atoms with Gasteiger partial charge in [-0.1, -0.05) is 6.08 Å². The molecule has 1 amide bonds. The van der Waals surface area contributed by atoms with Crippen LogP contribution in [0.3, 0.4) is 0 Å². The second-order valence-corrected chi connectivity index (χ2v) is 4.01. The molecule has 0 saturated carbocycles. The van der Waals surface area contributed by atoms with Crippen molar-refractivity contribution in [2.75, 3.05) is 5.73 Å². The van der Waals surface area contributed by atoms with Crippen LogP contribution in [0.2, 0.25) is 0 Å². The molecule has 0 saturated heterocycles. The number of rotatable bonds is 3. The third-order valence-corrected chi connectivity index (χ3v) is 2.66. The van der Waals surface area contributed by atoms with Crippen LogP contribution in [0.4, 0.5) is 5.69 Å². The molecule has 1 atom stereocenters. The quantitative estimate of drug-likeness (QED) is 0.557. The van der Waals surface area contributed by atoms with E-state index in [1.54, 1.807) is 18.3 Å². The minimum absolute atomic E-state index is 0.0544. The van der Waals surface area contributed by atoms with Gasteiger partial charge in [0.15, 0.2) is 0 Å². The molecule has 0 radical (unpaired) electrons. The van der Waals surface area contributed by atoms with Gasteiger partial charge in [-0.15, -0.1) is 6.58 Å². The van der Waals surface area contributed by atoms with E-state index < -0.39 is 0 Å². The number of hydrogen-bond acceptors (Lipinski definition) is 2. The summed E-state index contributed by atoms with van der Waals surface area (Å²) in [4.78, 5) is 15.0. The first-order valence-corrected chi connectivity index (χ1v) is 5.42. The fourth-order valence-electron chi connectivity index (χ4n) is 1.68. The van der Waals surface area contributed by atoms with Gasteiger partial charge in [0, 0.05) is 28.8 Å². The van der Waals surface area contributed by atoms with Gasteiger partial charge < -0.3 is 16.0 Å². The van der Waals surface area contributed by atoms with Gasteiger partial charge in [-0.2, -0.15) is 0 Å². The molecule has 4 N–H and O–H groups in total. The Labute approximate surface area is 99.5 Å². The predicted octanol–water partition coefficient (Wildman–Crippen LogP) is 2.05. The molecule has 88 valence electrons. The zero-order valence-electron chi connectivity index (χ0n) is 9.66. The second kappa shape index (κ2) is 4.33. The van der Waals surface area contributed by atoms with E-state index in [1.807, 2.05) is 19.1 Å². The molecule has 1 aromatic heterocycles. The van der Waals surface area contributed by atoms with Crippen molar-refractivity contribution in [1.82, 2.24) is 10.3 Å². The Bertz CT molecular complexity index is 571. The van der Waals surface area contributed by atoms with Crippen molar-refractivity contribution >= 4 is 22.5 Å². The highest BCUT2D eigenvalue weighted by molar-refractivity contribution is 6.07. The number of anilines is 1. The monoisotopic (exact) mass is 229 g/mol. The Morgan fingerprint density at radius 1 is 1.59 bits per heavy atom. The summed E-state index contributed by atoms with van der Waals surface area (Å²) < 4.78 is 0. The number of benzene rings is 1. The number of H-pyrrole nitrogens is 1. The molecule has 1 heterocycles. The average Bonchev–Trinajstić information content (AvgIpc) is 2.71. The van der Waals surface area contributed by atoms with Crippen LogP contribution in [-0.2, 0) is 0 Å². The number of fused-ring (bicyclic) bond motifs is 1. The van der Waals surface area contributed by atoms with Gasteiger partial charge in [-0.3, -0.25) is 4.79 Å². The number of aromatic amines is 1. The fourth-order valence-corrected chi connectivity index (χ4v) is 1.68. The summed E-state index contributed by atoms with van der Waals surface area (Å²) in [5.74, 6) is -0.117. The van der Waals surface area contributed by atoms with Crippen molar-refractivity contribution in [3.8, 4) is 0 Å². The van der Waals surface area contributed by atoms with Crippen LogP contribution in [-0.4, -0.2) is 16.9 Å². The maximum atomic E-state index is 12.0. The molecule has 4 heteroatoms. The van der Waals surface area contributed by atoms with E-state index in [0.29, 0.717) is 11.3 Å². The molecule has 2 rings (SSSR count). The van der Waals surface area contributed by atoms with Crippen LogP contribution in [0, 0.1) is 0 Å². The SMILES string of the molecule is C=CC(C)NC(=O)c1c[nH]c2cc(N)ccc12. The van der Waals surface area contributed by atoms with Crippen LogP contribution in [0.25, 0.3) is 10.9 Å². The number of nitrogens with two attached hydrogens (primary N) is 1. The van der Waals surface area contributed by atoms with Crippen LogP contribution >= 0.6 is 0 Å². The summed E-state index contributed by atoms with van der Waals surface area (Å²) in [7, 11) is 0. The Kier molecular flexibility index (Phi) is 2.87. The van der Waals surface area contributed by atoms with Crippen LogP contribution < -0.4 is 11.1 Å². The number of carbonyl (C=O) groups is 1. The normalized spacial score (nSPS) is 12.3. The Balaban J connectivity index is 2.36. The van der Waals surface area contributed by atoms with Gasteiger partial charge in [0.25, 0.3) is 5.91 Å². The lowest BCUT2D eigenvalue weighted by molar-refractivity contribution is 0.0948. The van der Waals surface area contributed by atoms with E-state index in [9.17, 15) is 4.79 Å².